The van der Waals surface area contributed by atoms with Gasteiger partial charge in [-0.25, -0.2) is 4.79 Å². The van der Waals surface area contributed by atoms with Gasteiger partial charge >= 0.3 is 5.97 Å². The van der Waals surface area contributed by atoms with E-state index in [9.17, 15) is 14.4 Å². The number of carbonyl (C=O) groups excluding carboxylic acids is 3. The number of nitrogens with one attached hydrogen (secondary N) is 1. The summed E-state index contributed by atoms with van der Waals surface area (Å²) in [7, 11) is 1.62. The van der Waals surface area contributed by atoms with E-state index in [0.29, 0.717) is 15.6 Å². The van der Waals surface area contributed by atoms with E-state index in [0.717, 1.165) is 5.56 Å². The minimum Gasteiger partial charge on any atom is -0.451 e. The zero-order valence-electron chi connectivity index (χ0n) is 14.5. The molecule has 0 aliphatic rings. The van der Waals surface area contributed by atoms with Gasteiger partial charge in [0.15, 0.2) is 12.4 Å². The summed E-state index contributed by atoms with van der Waals surface area (Å²) in [6, 6.07) is 6.15. The van der Waals surface area contributed by atoms with Crippen LogP contribution in [-0.2, 0) is 16.6 Å². The van der Waals surface area contributed by atoms with Crippen LogP contribution in [0.1, 0.15) is 46.3 Å². The van der Waals surface area contributed by atoms with Gasteiger partial charge in [-0.1, -0.05) is 29.3 Å². The predicted octanol–water partition coefficient (Wildman–Crippen LogP) is 3.57. The summed E-state index contributed by atoms with van der Waals surface area (Å²) in [5.41, 5.74) is 1.37. The van der Waals surface area contributed by atoms with Gasteiger partial charge in [-0.3, -0.25) is 9.59 Å². The molecular weight excluding hydrogens is 379 g/mol. The summed E-state index contributed by atoms with van der Waals surface area (Å²) in [6.45, 7) is 2.74. The molecule has 2 aromatic rings. The van der Waals surface area contributed by atoms with Crippen molar-refractivity contribution in [3.8, 4) is 0 Å². The van der Waals surface area contributed by atoms with Gasteiger partial charge in [0.2, 0.25) is 0 Å². The zero-order valence-corrected chi connectivity index (χ0v) is 16.0. The number of esters is 1. The highest BCUT2D eigenvalue weighted by Gasteiger charge is 2.17. The molecule has 0 unspecified atom stereocenters. The molecule has 0 radical (unpaired) electrons. The summed E-state index contributed by atoms with van der Waals surface area (Å²) in [6.07, 6.45) is 1.53. The predicted molar refractivity (Wildman–Crippen MR) is 98.7 cm³/mol. The molecule has 0 fully saturated rings. The smallest absolute Gasteiger partial charge is 0.355 e. The van der Waals surface area contributed by atoms with Gasteiger partial charge in [0, 0.05) is 18.8 Å². The van der Waals surface area contributed by atoms with Crippen LogP contribution >= 0.6 is 23.2 Å². The van der Waals surface area contributed by atoms with E-state index < -0.39 is 18.5 Å². The lowest BCUT2D eigenvalue weighted by Gasteiger charge is -2.15. The summed E-state index contributed by atoms with van der Waals surface area (Å²) >= 11 is 11.8. The molecule has 0 saturated heterocycles. The van der Waals surface area contributed by atoms with Crippen LogP contribution in [-0.4, -0.2) is 28.8 Å². The number of carbonyl (C=O) groups is 3. The number of hydrogen-bond acceptors (Lipinski definition) is 4. The third kappa shape index (κ3) is 4.86. The third-order valence-electron chi connectivity index (χ3n) is 3.78. The molecule has 6 nitrogen and oxygen atoms in total. The fraction of sp³-hybridized carbons (Fsp3) is 0.278. The van der Waals surface area contributed by atoms with Crippen LogP contribution in [0.4, 0.5) is 0 Å². The minimum atomic E-state index is -0.683. The minimum absolute atomic E-state index is 0.159. The van der Waals surface area contributed by atoms with Crippen molar-refractivity contribution in [1.29, 1.82) is 0 Å². The largest absolute Gasteiger partial charge is 0.451 e. The number of hydrogen-bond donors (Lipinski definition) is 1. The van der Waals surface area contributed by atoms with Crippen molar-refractivity contribution >= 4 is 40.9 Å². The van der Waals surface area contributed by atoms with Gasteiger partial charge in [0.25, 0.3) is 5.91 Å². The molecule has 2 rings (SSSR count). The molecule has 0 aliphatic carbocycles. The Morgan fingerprint density at radius 2 is 1.88 bits per heavy atom. The number of amides is 1. The van der Waals surface area contributed by atoms with Crippen LogP contribution in [0.5, 0.6) is 0 Å². The fourth-order valence-corrected chi connectivity index (χ4v) is 2.62. The Labute approximate surface area is 161 Å². The highest BCUT2D eigenvalue weighted by molar-refractivity contribution is 6.42. The second-order valence-corrected chi connectivity index (χ2v) is 6.63. The molecule has 26 heavy (non-hydrogen) atoms. The first kappa shape index (κ1) is 20.0. The summed E-state index contributed by atoms with van der Waals surface area (Å²) in [5.74, 6) is -1.30. The number of benzene rings is 1. The highest BCUT2D eigenvalue weighted by atomic mass is 35.5. The average molecular weight is 397 g/mol. The van der Waals surface area contributed by atoms with Gasteiger partial charge in [0.1, 0.15) is 5.69 Å². The van der Waals surface area contributed by atoms with Crippen LogP contribution in [0.15, 0.2) is 30.5 Å². The van der Waals surface area contributed by atoms with Crippen molar-refractivity contribution in [3.63, 3.8) is 0 Å². The van der Waals surface area contributed by atoms with Crippen molar-refractivity contribution in [2.45, 2.75) is 19.9 Å². The first-order valence-corrected chi connectivity index (χ1v) is 8.53. The molecule has 0 bridgehead atoms. The Hall–Kier alpha value is -2.31. The number of ether oxygens (including phenoxy) is 1. The molecule has 0 aliphatic heterocycles. The Kier molecular flexibility index (Phi) is 6.45. The monoisotopic (exact) mass is 396 g/mol. The summed E-state index contributed by atoms with van der Waals surface area (Å²) < 4.78 is 6.49. The lowest BCUT2D eigenvalue weighted by molar-refractivity contribution is -0.124. The van der Waals surface area contributed by atoms with E-state index >= 15 is 0 Å². The molecule has 1 N–H and O–H groups in total. The number of ketones is 1. The van der Waals surface area contributed by atoms with Crippen LogP contribution < -0.4 is 5.32 Å². The Morgan fingerprint density at radius 1 is 1.19 bits per heavy atom. The number of Topliss-reactive ketones (excluding diaryl/α,β-unsaturated/α-hetero) is 1. The van der Waals surface area contributed by atoms with Crippen LogP contribution in [0.3, 0.4) is 0 Å². The van der Waals surface area contributed by atoms with Crippen molar-refractivity contribution in [3.05, 3.63) is 57.3 Å². The maximum atomic E-state index is 12.1. The summed E-state index contributed by atoms with van der Waals surface area (Å²) in [4.78, 5) is 35.4. The standard InChI is InChI=1S/C18H18Cl2N2O4/c1-10(12-4-5-14(19)15(20)6-12)21-17(24)9-26-18(25)16-7-13(11(2)23)8-22(16)3/h4-8,10H,9H2,1-3H3,(H,21,24)/t10-/m0/s1. The third-order valence-corrected chi connectivity index (χ3v) is 4.52. The molecular formula is C18H18Cl2N2O4. The maximum Gasteiger partial charge on any atom is 0.355 e. The van der Waals surface area contributed by atoms with Crippen LogP contribution in [0.25, 0.3) is 0 Å². The topological polar surface area (TPSA) is 77.4 Å². The SMILES string of the molecule is CC(=O)c1cc(C(=O)OCC(=O)N[C@@H](C)c2ccc(Cl)c(Cl)c2)n(C)c1. The molecule has 0 spiro atoms. The lowest BCUT2D eigenvalue weighted by Crippen LogP contribution is -2.31. The van der Waals surface area contributed by atoms with Crippen molar-refractivity contribution in [1.82, 2.24) is 9.88 Å². The van der Waals surface area contributed by atoms with E-state index in [-0.39, 0.29) is 17.5 Å². The van der Waals surface area contributed by atoms with Gasteiger partial charge in [-0.05, 0) is 37.6 Å². The second-order valence-electron chi connectivity index (χ2n) is 5.82. The average Bonchev–Trinajstić information content (AvgIpc) is 2.97. The number of aromatic nitrogens is 1. The van der Waals surface area contributed by atoms with Gasteiger partial charge in [-0.2, -0.15) is 0 Å². The molecule has 138 valence electrons. The van der Waals surface area contributed by atoms with E-state index in [1.807, 2.05) is 0 Å². The molecule has 8 heteroatoms. The Morgan fingerprint density at radius 3 is 2.46 bits per heavy atom. The van der Waals surface area contributed by atoms with E-state index in [1.165, 1.54) is 23.8 Å². The molecule has 0 saturated carbocycles. The normalized spacial score (nSPS) is 11.7. The zero-order chi connectivity index (χ0) is 19.4. The number of halogens is 2. The van der Waals surface area contributed by atoms with Gasteiger partial charge in [-0.15, -0.1) is 0 Å². The molecule has 1 amide bonds. The quantitative estimate of drug-likeness (QED) is 0.597. The van der Waals surface area contributed by atoms with E-state index in [2.05, 4.69) is 5.32 Å². The van der Waals surface area contributed by atoms with E-state index in [1.54, 1.807) is 32.2 Å². The van der Waals surface area contributed by atoms with Gasteiger partial charge < -0.3 is 14.6 Å². The first-order valence-electron chi connectivity index (χ1n) is 7.77. The second kappa shape index (κ2) is 8.38. The number of rotatable bonds is 6. The van der Waals surface area contributed by atoms with Crippen molar-refractivity contribution in [2.75, 3.05) is 6.61 Å². The van der Waals surface area contributed by atoms with Crippen LogP contribution in [0, 0.1) is 0 Å². The highest BCUT2D eigenvalue weighted by Crippen LogP contribution is 2.25. The van der Waals surface area contributed by atoms with Gasteiger partial charge in [0.05, 0.1) is 16.1 Å². The van der Waals surface area contributed by atoms with E-state index in [4.69, 9.17) is 27.9 Å². The fourth-order valence-electron chi connectivity index (χ4n) is 2.31. The number of nitrogens with zero attached hydrogens (tertiary/aromatic N) is 1. The molecule has 1 heterocycles. The Bertz CT molecular complexity index is 861. The number of aryl methyl sites for hydroxylation is 1. The lowest BCUT2D eigenvalue weighted by atomic mass is 10.1. The molecule has 1 aromatic carbocycles. The Balaban J connectivity index is 1.92. The van der Waals surface area contributed by atoms with Crippen molar-refractivity contribution in [2.24, 2.45) is 7.05 Å². The van der Waals surface area contributed by atoms with Crippen LogP contribution in [0.2, 0.25) is 10.0 Å². The first-order chi connectivity index (χ1) is 12.2. The van der Waals surface area contributed by atoms with Crippen molar-refractivity contribution < 1.29 is 19.1 Å². The maximum absolute atomic E-state index is 12.1. The summed E-state index contributed by atoms with van der Waals surface area (Å²) in [5, 5.41) is 3.53. The molecule has 1 aromatic heterocycles. The molecule has 1 atom stereocenters.